The maximum atomic E-state index is 11.8. The average Bonchev–Trinajstić information content (AvgIpc) is 2.33. The van der Waals surface area contributed by atoms with E-state index in [1.54, 1.807) is 0 Å². The smallest absolute Gasteiger partial charge is 0.237 e. The van der Waals surface area contributed by atoms with Crippen molar-refractivity contribution in [2.75, 3.05) is 6.54 Å². The number of Topliss-reactive ketones (excluding diaryl/α,β-unsaturated/α-hetero) is 1. The Bertz CT molecular complexity index is 257. The fraction of sp³-hybridized carbons (Fsp3) is 0.846. The maximum absolute atomic E-state index is 11.8. The summed E-state index contributed by atoms with van der Waals surface area (Å²) in [5.74, 6) is -0.241. The first-order valence-electron chi connectivity index (χ1n) is 6.79. The van der Waals surface area contributed by atoms with Crippen molar-refractivity contribution in [1.29, 1.82) is 0 Å². The number of carbonyl (C=O) groups excluding carboxylic acids is 2. The van der Waals surface area contributed by atoms with Gasteiger partial charge in [0, 0.05) is 0 Å². The molecule has 0 radical (unpaired) electrons. The lowest BCUT2D eigenvalue weighted by Crippen LogP contribution is -2.47. The zero-order chi connectivity index (χ0) is 14.0. The predicted octanol–water partition coefficient (Wildman–Crippen LogP) is 0.707. The third-order valence-electron chi connectivity index (χ3n) is 2.96. The molecule has 0 fully saturated rings. The summed E-state index contributed by atoms with van der Waals surface area (Å²) in [6.07, 6.45) is 4.93. The van der Waals surface area contributed by atoms with Crippen molar-refractivity contribution in [1.82, 2.24) is 5.32 Å². The van der Waals surface area contributed by atoms with Gasteiger partial charge < -0.3 is 16.8 Å². The molecule has 5 heteroatoms. The molecule has 0 aliphatic heterocycles. The lowest BCUT2D eigenvalue weighted by atomic mass is 10.0. The Morgan fingerprint density at radius 3 is 2.33 bits per heavy atom. The van der Waals surface area contributed by atoms with E-state index in [0.717, 1.165) is 25.7 Å². The summed E-state index contributed by atoms with van der Waals surface area (Å²) < 4.78 is 0. The number of hydrogen-bond acceptors (Lipinski definition) is 4. The van der Waals surface area contributed by atoms with Crippen molar-refractivity contribution in [3.05, 3.63) is 0 Å². The van der Waals surface area contributed by atoms with Crippen LogP contribution in [0.2, 0.25) is 0 Å². The Morgan fingerprint density at radius 2 is 1.83 bits per heavy atom. The zero-order valence-electron chi connectivity index (χ0n) is 11.6. The van der Waals surface area contributed by atoms with Crippen LogP contribution in [-0.4, -0.2) is 30.3 Å². The van der Waals surface area contributed by atoms with Gasteiger partial charge in [-0.1, -0.05) is 26.2 Å². The van der Waals surface area contributed by atoms with Gasteiger partial charge >= 0.3 is 0 Å². The first kappa shape index (κ1) is 17.1. The highest BCUT2D eigenvalue weighted by Crippen LogP contribution is 2.04. The van der Waals surface area contributed by atoms with Gasteiger partial charge in [0.2, 0.25) is 5.91 Å². The number of unbranched alkanes of at least 4 members (excludes halogenated alkanes) is 2. The van der Waals surface area contributed by atoms with Crippen molar-refractivity contribution in [3.8, 4) is 0 Å². The molecule has 5 nitrogen and oxygen atoms in total. The topological polar surface area (TPSA) is 98.2 Å². The fourth-order valence-corrected chi connectivity index (χ4v) is 1.70. The van der Waals surface area contributed by atoms with Crippen LogP contribution in [0.15, 0.2) is 0 Å². The molecule has 0 saturated carbocycles. The van der Waals surface area contributed by atoms with Crippen LogP contribution in [-0.2, 0) is 9.59 Å². The van der Waals surface area contributed by atoms with E-state index in [1.165, 1.54) is 6.92 Å². The van der Waals surface area contributed by atoms with Gasteiger partial charge in [-0.3, -0.25) is 9.59 Å². The van der Waals surface area contributed by atoms with Crippen molar-refractivity contribution in [2.24, 2.45) is 11.5 Å². The van der Waals surface area contributed by atoms with E-state index in [-0.39, 0.29) is 11.7 Å². The van der Waals surface area contributed by atoms with E-state index in [4.69, 9.17) is 11.5 Å². The van der Waals surface area contributed by atoms with Crippen LogP contribution in [0.5, 0.6) is 0 Å². The van der Waals surface area contributed by atoms with Gasteiger partial charge in [-0.05, 0) is 32.7 Å². The monoisotopic (exact) mass is 257 g/mol. The van der Waals surface area contributed by atoms with Crippen LogP contribution < -0.4 is 16.8 Å². The molecule has 18 heavy (non-hydrogen) atoms. The third kappa shape index (κ3) is 7.40. The molecule has 0 saturated heterocycles. The molecule has 1 amide bonds. The van der Waals surface area contributed by atoms with E-state index < -0.39 is 12.1 Å². The minimum absolute atomic E-state index is 0.00837. The molecular formula is C13H27N3O2. The van der Waals surface area contributed by atoms with Crippen molar-refractivity contribution in [2.45, 2.75) is 64.5 Å². The molecule has 0 aliphatic carbocycles. The second kappa shape index (κ2) is 10.0. The Hall–Kier alpha value is -0.940. The second-order valence-electron chi connectivity index (χ2n) is 4.71. The lowest BCUT2D eigenvalue weighted by molar-refractivity contribution is -0.128. The lowest BCUT2D eigenvalue weighted by Gasteiger charge is -2.18. The Kier molecular flexibility index (Phi) is 9.50. The van der Waals surface area contributed by atoms with Crippen LogP contribution in [0.1, 0.15) is 52.4 Å². The quantitative estimate of drug-likeness (QED) is 0.502. The van der Waals surface area contributed by atoms with Gasteiger partial charge in [-0.15, -0.1) is 0 Å². The molecule has 5 N–H and O–H groups in total. The van der Waals surface area contributed by atoms with Crippen molar-refractivity contribution in [3.63, 3.8) is 0 Å². The normalized spacial score (nSPS) is 14.0. The number of carbonyl (C=O) groups is 2. The minimum Gasteiger partial charge on any atom is -0.345 e. The first-order chi connectivity index (χ1) is 8.52. The van der Waals surface area contributed by atoms with Gasteiger partial charge in [0.15, 0.2) is 5.78 Å². The summed E-state index contributed by atoms with van der Waals surface area (Å²) in [5, 5.41) is 2.73. The summed E-state index contributed by atoms with van der Waals surface area (Å²) in [6.45, 7) is 4.17. The fourth-order valence-electron chi connectivity index (χ4n) is 1.70. The molecule has 0 spiro atoms. The van der Waals surface area contributed by atoms with Crippen LogP contribution >= 0.6 is 0 Å². The van der Waals surface area contributed by atoms with Gasteiger partial charge in [-0.25, -0.2) is 0 Å². The van der Waals surface area contributed by atoms with Gasteiger partial charge in [0.1, 0.15) is 0 Å². The minimum atomic E-state index is -0.542. The van der Waals surface area contributed by atoms with Gasteiger partial charge in [-0.2, -0.15) is 0 Å². The Morgan fingerprint density at radius 1 is 1.17 bits per heavy atom. The third-order valence-corrected chi connectivity index (χ3v) is 2.96. The molecule has 0 aromatic carbocycles. The number of rotatable bonds is 10. The number of nitrogens with two attached hydrogens (primary N) is 2. The Labute approximate surface area is 110 Å². The number of nitrogens with one attached hydrogen (secondary N) is 1. The summed E-state index contributed by atoms with van der Waals surface area (Å²) in [6, 6.07) is -0.932. The summed E-state index contributed by atoms with van der Waals surface area (Å²) >= 11 is 0. The van der Waals surface area contributed by atoms with E-state index in [2.05, 4.69) is 12.2 Å². The average molecular weight is 257 g/mol. The highest BCUT2D eigenvalue weighted by Gasteiger charge is 2.20. The molecular weight excluding hydrogens is 230 g/mol. The van der Waals surface area contributed by atoms with Crippen LogP contribution in [0, 0.1) is 0 Å². The molecule has 106 valence electrons. The maximum Gasteiger partial charge on any atom is 0.237 e. The summed E-state index contributed by atoms with van der Waals surface area (Å²) in [7, 11) is 0. The highest BCUT2D eigenvalue weighted by atomic mass is 16.2. The van der Waals surface area contributed by atoms with E-state index in [0.29, 0.717) is 19.4 Å². The van der Waals surface area contributed by atoms with E-state index in [1.807, 2.05) is 0 Å². The number of ketones is 1. The van der Waals surface area contributed by atoms with Gasteiger partial charge in [0.05, 0.1) is 12.1 Å². The molecule has 0 aromatic heterocycles. The van der Waals surface area contributed by atoms with E-state index >= 15 is 0 Å². The molecule has 0 aliphatic rings. The van der Waals surface area contributed by atoms with Crippen LogP contribution in [0.4, 0.5) is 0 Å². The SMILES string of the molecule is CCCCC(NC(=O)C(N)CCCCN)C(C)=O. The molecule has 2 atom stereocenters. The predicted molar refractivity (Wildman–Crippen MR) is 73.0 cm³/mol. The van der Waals surface area contributed by atoms with E-state index in [9.17, 15) is 9.59 Å². The summed E-state index contributed by atoms with van der Waals surface area (Å²) in [4.78, 5) is 23.2. The Balaban J connectivity index is 4.10. The largest absolute Gasteiger partial charge is 0.345 e. The standard InChI is InChI=1S/C13H27N3O2/c1-3-4-8-12(10(2)17)16-13(18)11(15)7-5-6-9-14/h11-12H,3-9,14-15H2,1-2H3,(H,16,18). The number of hydrogen-bond donors (Lipinski definition) is 3. The highest BCUT2D eigenvalue weighted by molar-refractivity contribution is 5.89. The molecule has 0 aromatic rings. The summed E-state index contributed by atoms with van der Waals surface area (Å²) in [5.41, 5.74) is 11.2. The van der Waals surface area contributed by atoms with Gasteiger partial charge in [0.25, 0.3) is 0 Å². The van der Waals surface area contributed by atoms with Crippen molar-refractivity contribution >= 4 is 11.7 Å². The zero-order valence-corrected chi connectivity index (χ0v) is 11.6. The first-order valence-corrected chi connectivity index (χ1v) is 6.79. The molecule has 0 bridgehead atoms. The van der Waals surface area contributed by atoms with Crippen LogP contribution in [0.25, 0.3) is 0 Å². The molecule has 0 heterocycles. The van der Waals surface area contributed by atoms with Crippen LogP contribution in [0.3, 0.4) is 0 Å². The molecule has 0 rings (SSSR count). The molecule has 2 unspecified atom stereocenters. The second-order valence-corrected chi connectivity index (χ2v) is 4.71. The number of amides is 1. The van der Waals surface area contributed by atoms with Crippen molar-refractivity contribution < 1.29 is 9.59 Å².